The first-order valence-electron chi connectivity index (χ1n) is 6.42. The number of anilines is 1. The van der Waals surface area contributed by atoms with Crippen LogP contribution in [0.2, 0.25) is 0 Å². The predicted molar refractivity (Wildman–Crippen MR) is 73.8 cm³/mol. The lowest BCUT2D eigenvalue weighted by molar-refractivity contribution is -0.121. The largest absolute Gasteiger partial charge is 0.451 e. The first kappa shape index (κ1) is 12.5. The molecule has 20 heavy (non-hydrogen) atoms. The lowest BCUT2D eigenvalue weighted by Crippen LogP contribution is -2.31. The van der Waals surface area contributed by atoms with Gasteiger partial charge in [-0.05, 0) is 30.7 Å². The van der Waals surface area contributed by atoms with Gasteiger partial charge in [-0.15, -0.1) is 0 Å². The maximum atomic E-state index is 12.3. The van der Waals surface area contributed by atoms with Gasteiger partial charge in [-0.1, -0.05) is 0 Å². The van der Waals surface area contributed by atoms with Gasteiger partial charge in [0.25, 0.3) is 5.91 Å². The summed E-state index contributed by atoms with van der Waals surface area (Å²) < 4.78 is 5.53. The van der Waals surface area contributed by atoms with E-state index >= 15 is 0 Å². The number of nitrogen functional groups attached to an aromatic ring is 1. The smallest absolute Gasteiger partial charge is 0.289 e. The summed E-state index contributed by atoms with van der Waals surface area (Å²) in [5, 5.41) is 0.791. The van der Waals surface area contributed by atoms with E-state index in [2.05, 4.69) is 0 Å². The molecule has 6 heteroatoms. The van der Waals surface area contributed by atoms with Gasteiger partial charge in [0.15, 0.2) is 5.76 Å². The number of primary amides is 1. The minimum Gasteiger partial charge on any atom is -0.451 e. The zero-order chi connectivity index (χ0) is 14.3. The standard InChI is InChI=1S/C14H15N3O3/c15-10-1-2-11-9(5-10)6-12(20-11)14(19)17-4-3-8(7-17)13(16)18/h1-2,5-6,8H,3-4,7,15H2,(H2,16,18). The molecule has 2 aromatic rings. The van der Waals surface area contributed by atoms with Crippen LogP contribution in [0.15, 0.2) is 28.7 Å². The minimum absolute atomic E-state index is 0.219. The van der Waals surface area contributed by atoms with Crippen LogP contribution in [0.3, 0.4) is 0 Å². The first-order chi connectivity index (χ1) is 9.54. The van der Waals surface area contributed by atoms with Crippen molar-refractivity contribution in [2.24, 2.45) is 11.7 Å². The van der Waals surface area contributed by atoms with Crippen molar-refractivity contribution in [3.05, 3.63) is 30.0 Å². The number of furan rings is 1. The molecule has 1 fully saturated rings. The molecule has 0 spiro atoms. The molecule has 2 amide bonds. The van der Waals surface area contributed by atoms with Gasteiger partial charge in [-0.3, -0.25) is 9.59 Å². The number of nitrogens with two attached hydrogens (primary N) is 2. The molecule has 0 radical (unpaired) electrons. The normalized spacial score (nSPS) is 18.6. The summed E-state index contributed by atoms with van der Waals surface area (Å²) in [6, 6.07) is 6.88. The third-order valence-electron chi connectivity index (χ3n) is 3.63. The molecule has 0 aliphatic carbocycles. The van der Waals surface area contributed by atoms with Crippen LogP contribution in [0, 0.1) is 5.92 Å². The highest BCUT2D eigenvalue weighted by Crippen LogP contribution is 2.24. The van der Waals surface area contributed by atoms with Crippen LogP contribution < -0.4 is 11.5 Å². The van der Waals surface area contributed by atoms with Crippen molar-refractivity contribution in [1.82, 2.24) is 4.90 Å². The van der Waals surface area contributed by atoms with Crippen molar-refractivity contribution in [3.8, 4) is 0 Å². The molecule has 1 atom stereocenters. The average molecular weight is 273 g/mol. The maximum Gasteiger partial charge on any atom is 0.289 e. The highest BCUT2D eigenvalue weighted by molar-refractivity contribution is 5.97. The molecule has 4 N–H and O–H groups in total. The van der Waals surface area contributed by atoms with E-state index < -0.39 is 0 Å². The van der Waals surface area contributed by atoms with Crippen molar-refractivity contribution in [2.45, 2.75) is 6.42 Å². The number of carbonyl (C=O) groups excluding carboxylic acids is 2. The van der Waals surface area contributed by atoms with Gasteiger partial charge in [0.05, 0.1) is 5.92 Å². The first-order valence-corrected chi connectivity index (χ1v) is 6.42. The Balaban J connectivity index is 1.84. The minimum atomic E-state index is -0.363. The van der Waals surface area contributed by atoms with Crippen LogP contribution in [0.5, 0.6) is 0 Å². The average Bonchev–Trinajstić information content (AvgIpc) is 3.03. The van der Waals surface area contributed by atoms with Gasteiger partial charge >= 0.3 is 0 Å². The molecule has 2 heterocycles. The van der Waals surface area contributed by atoms with Crippen molar-refractivity contribution in [2.75, 3.05) is 18.8 Å². The monoisotopic (exact) mass is 273 g/mol. The van der Waals surface area contributed by atoms with Crippen molar-refractivity contribution in [1.29, 1.82) is 0 Å². The van der Waals surface area contributed by atoms with Gasteiger partial charge in [0.1, 0.15) is 5.58 Å². The Hall–Kier alpha value is -2.50. The number of rotatable bonds is 2. The second-order valence-electron chi connectivity index (χ2n) is 5.05. The zero-order valence-electron chi connectivity index (χ0n) is 10.8. The van der Waals surface area contributed by atoms with Crippen LogP contribution in [0.25, 0.3) is 11.0 Å². The Morgan fingerprint density at radius 1 is 1.30 bits per heavy atom. The SMILES string of the molecule is NC(=O)C1CCN(C(=O)c2cc3cc(N)ccc3o2)C1. The lowest BCUT2D eigenvalue weighted by atomic mass is 10.1. The number of likely N-dealkylation sites (tertiary alicyclic amines) is 1. The van der Waals surface area contributed by atoms with E-state index in [1.807, 2.05) is 0 Å². The van der Waals surface area contributed by atoms with E-state index in [0.29, 0.717) is 30.8 Å². The number of nitrogens with zero attached hydrogens (tertiary/aromatic N) is 1. The van der Waals surface area contributed by atoms with Crippen LogP contribution >= 0.6 is 0 Å². The number of amides is 2. The summed E-state index contributed by atoms with van der Waals surface area (Å²) in [6.45, 7) is 0.874. The van der Waals surface area contributed by atoms with Gasteiger partial charge in [0.2, 0.25) is 5.91 Å². The van der Waals surface area contributed by atoms with Crippen LogP contribution in [-0.2, 0) is 4.79 Å². The van der Waals surface area contributed by atoms with Crippen molar-refractivity contribution < 1.29 is 14.0 Å². The summed E-state index contributed by atoms with van der Waals surface area (Å²) in [7, 11) is 0. The van der Waals surface area contributed by atoms with Crippen LogP contribution in [0.4, 0.5) is 5.69 Å². The van der Waals surface area contributed by atoms with E-state index in [-0.39, 0.29) is 23.5 Å². The number of fused-ring (bicyclic) bond motifs is 1. The molecule has 1 saturated heterocycles. The predicted octanol–water partition coefficient (Wildman–Crippen LogP) is 0.962. The Bertz CT molecular complexity index is 692. The van der Waals surface area contributed by atoms with Crippen LogP contribution in [0.1, 0.15) is 17.0 Å². The fraction of sp³-hybridized carbons (Fsp3) is 0.286. The quantitative estimate of drug-likeness (QED) is 0.795. The fourth-order valence-electron chi connectivity index (χ4n) is 2.50. The number of benzene rings is 1. The Labute approximate surface area is 115 Å². The second-order valence-corrected chi connectivity index (χ2v) is 5.05. The number of hydrogen-bond donors (Lipinski definition) is 2. The van der Waals surface area contributed by atoms with Crippen LogP contribution in [-0.4, -0.2) is 29.8 Å². The zero-order valence-corrected chi connectivity index (χ0v) is 10.8. The highest BCUT2D eigenvalue weighted by atomic mass is 16.3. The van der Waals surface area contributed by atoms with Crippen molar-refractivity contribution in [3.63, 3.8) is 0 Å². The van der Waals surface area contributed by atoms with E-state index in [4.69, 9.17) is 15.9 Å². The van der Waals surface area contributed by atoms with Gasteiger partial charge < -0.3 is 20.8 Å². The summed E-state index contributed by atoms with van der Waals surface area (Å²) >= 11 is 0. The van der Waals surface area contributed by atoms with Gasteiger partial charge in [0, 0.05) is 24.2 Å². The molecule has 1 aliphatic rings. The molecule has 1 aromatic heterocycles. The third kappa shape index (κ3) is 2.09. The van der Waals surface area contributed by atoms with E-state index in [9.17, 15) is 9.59 Å². The van der Waals surface area contributed by atoms with E-state index in [0.717, 1.165) is 5.39 Å². The molecule has 104 valence electrons. The number of carbonyl (C=O) groups is 2. The van der Waals surface area contributed by atoms with Crippen molar-refractivity contribution >= 4 is 28.5 Å². The Kier molecular flexibility index (Phi) is 2.85. The summed E-state index contributed by atoms with van der Waals surface area (Å²) in [6.07, 6.45) is 0.605. The van der Waals surface area contributed by atoms with Gasteiger partial charge in [-0.25, -0.2) is 0 Å². The molecule has 3 rings (SSSR count). The van der Waals surface area contributed by atoms with E-state index in [1.165, 1.54) is 0 Å². The fourth-order valence-corrected chi connectivity index (χ4v) is 2.50. The Morgan fingerprint density at radius 2 is 2.10 bits per heavy atom. The molecule has 0 bridgehead atoms. The maximum absolute atomic E-state index is 12.3. The molecule has 1 aliphatic heterocycles. The summed E-state index contributed by atoms with van der Waals surface area (Å²) in [5.74, 6) is -0.587. The molecule has 1 aromatic carbocycles. The molecule has 6 nitrogen and oxygen atoms in total. The molecular weight excluding hydrogens is 258 g/mol. The third-order valence-corrected chi connectivity index (χ3v) is 3.63. The molecule has 0 saturated carbocycles. The molecule has 1 unspecified atom stereocenters. The topological polar surface area (TPSA) is 103 Å². The second kappa shape index (κ2) is 4.56. The Morgan fingerprint density at radius 3 is 2.80 bits per heavy atom. The number of hydrogen-bond acceptors (Lipinski definition) is 4. The highest BCUT2D eigenvalue weighted by Gasteiger charge is 2.31. The summed E-state index contributed by atoms with van der Waals surface area (Å²) in [5.41, 5.74) is 12.2. The summed E-state index contributed by atoms with van der Waals surface area (Å²) in [4.78, 5) is 25.0. The molecular formula is C14H15N3O3. The van der Waals surface area contributed by atoms with E-state index in [1.54, 1.807) is 29.2 Å². The lowest BCUT2D eigenvalue weighted by Gasteiger charge is -2.13. The van der Waals surface area contributed by atoms with Gasteiger partial charge in [-0.2, -0.15) is 0 Å².